The fourth-order valence-corrected chi connectivity index (χ4v) is 6.01. The number of anilines is 1. The van der Waals surface area contributed by atoms with Crippen LogP contribution in [0, 0.1) is 17.4 Å². The van der Waals surface area contributed by atoms with Crippen LogP contribution in [0.5, 0.6) is 5.75 Å². The zero-order chi connectivity index (χ0) is 30.7. The molecule has 1 unspecified atom stereocenters. The number of nitrogens with zero attached hydrogens (tertiary/aromatic N) is 2. The summed E-state index contributed by atoms with van der Waals surface area (Å²) in [5.41, 5.74) is 3.40. The zero-order valence-electron chi connectivity index (χ0n) is 23.4. The number of halogens is 1. The third kappa shape index (κ3) is 6.25. The average Bonchev–Trinajstić information content (AvgIpc) is 3.52. The van der Waals surface area contributed by atoms with Gasteiger partial charge in [-0.1, -0.05) is 60.4 Å². The number of hydrogen-bond acceptors (Lipinski definition) is 8. The summed E-state index contributed by atoms with van der Waals surface area (Å²) in [4.78, 5) is 45.5. The highest BCUT2D eigenvalue weighted by molar-refractivity contribution is 14.1. The molecule has 8 nitrogen and oxygen atoms in total. The number of ether oxygens (including phenoxy) is 2. The maximum absolute atomic E-state index is 13.5. The van der Waals surface area contributed by atoms with Crippen LogP contribution in [0.3, 0.4) is 0 Å². The number of esters is 1. The predicted octanol–water partition coefficient (Wildman–Crippen LogP) is 6.91. The van der Waals surface area contributed by atoms with Gasteiger partial charge in [-0.25, -0.2) is 9.78 Å². The van der Waals surface area contributed by atoms with Crippen molar-refractivity contribution in [1.82, 2.24) is 4.98 Å². The van der Waals surface area contributed by atoms with Crippen molar-refractivity contribution in [1.29, 1.82) is 0 Å². The number of aliphatic hydroxyl groups excluding tert-OH is 1. The second kappa shape index (κ2) is 12.9. The normalized spacial score (nSPS) is 15.9. The van der Waals surface area contributed by atoms with Crippen molar-refractivity contribution in [3.05, 3.63) is 127 Å². The molecule has 0 saturated carbocycles. The van der Waals surface area contributed by atoms with Crippen LogP contribution in [0.25, 0.3) is 5.76 Å². The Balaban J connectivity index is 1.52. The van der Waals surface area contributed by atoms with E-state index in [1.54, 1.807) is 43.3 Å². The van der Waals surface area contributed by atoms with Crippen LogP contribution in [0.1, 0.15) is 43.7 Å². The molecular formula is C33H27IN2O6S. The van der Waals surface area contributed by atoms with E-state index in [4.69, 9.17) is 9.47 Å². The Morgan fingerprint density at radius 2 is 1.77 bits per heavy atom. The minimum Gasteiger partial charge on any atom is -0.507 e. The van der Waals surface area contributed by atoms with E-state index in [2.05, 4.69) is 34.2 Å². The Labute approximate surface area is 266 Å². The first-order valence-corrected chi connectivity index (χ1v) is 15.2. The van der Waals surface area contributed by atoms with Crippen LogP contribution in [-0.4, -0.2) is 34.4 Å². The number of carbonyl (C=O) groups is 3. The summed E-state index contributed by atoms with van der Waals surface area (Å²) < 4.78 is 12.0. The molecule has 1 aliphatic heterocycles. The number of thiazole rings is 1. The van der Waals surface area contributed by atoms with Gasteiger partial charge in [0.05, 0.1) is 17.3 Å². The first-order valence-electron chi connectivity index (χ1n) is 13.3. The summed E-state index contributed by atoms with van der Waals surface area (Å²) in [5.74, 6) is -2.06. The van der Waals surface area contributed by atoms with Gasteiger partial charge in [0.15, 0.2) is 5.13 Å². The third-order valence-electron chi connectivity index (χ3n) is 6.92. The van der Waals surface area contributed by atoms with Gasteiger partial charge in [-0.05, 0) is 89.5 Å². The van der Waals surface area contributed by atoms with Crippen molar-refractivity contribution in [3.63, 3.8) is 0 Å². The lowest BCUT2D eigenvalue weighted by Crippen LogP contribution is -2.29. The van der Waals surface area contributed by atoms with Crippen LogP contribution in [-0.2, 0) is 20.9 Å². The molecule has 0 radical (unpaired) electrons. The summed E-state index contributed by atoms with van der Waals surface area (Å²) in [7, 11) is 0. The van der Waals surface area contributed by atoms with E-state index in [1.807, 2.05) is 43.3 Å². The molecule has 1 N–H and O–H groups in total. The molecular weight excluding hydrogens is 679 g/mol. The molecule has 1 atom stereocenters. The zero-order valence-corrected chi connectivity index (χ0v) is 26.3. The van der Waals surface area contributed by atoms with Gasteiger partial charge in [-0.2, -0.15) is 0 Å². The second-order valence-corrected chi connectivity index (χ2v) is 12.0. The molecule has 1 saturated heterocycles. The molecule has 4 aromatic rings. The number of rotatable bonds is 9. The standard InChI is InChI=1S/C33H27IN2O6S/c1-4-17-41-32(40)30-20(3)35-33(43-30)36-27(21-9-13-24(34)14-10-21)26(29(38)31(36)39)28(37)22-11-15-25(16-12-22)42-18-23-8-6-5-7-19(23)2/h4-16,27,37H,1,17-18H2,2-3H3/b28-26+. The van der Waals surface area contributed by atoms with Crippen molar-refractivity contribution in [2.24, 2.45) is 0 Å². The largest absolute Gasteiger partial charge is 0.507 e. The molecule has 1 amide bonds. The van der Waals surface area contributed by atoms with Crippen LogP contribution in [0.15, 0.2) is 91.0 Å². The molecule has 0 aliphatic carbocycles. The first-order chi connectivity index (χ1) is 20.7. The summed E-state index contributed by atoms with van der Waals surface area (Å²) in [6.07, 6.45) is 1.45. The molecule has 0 spiro atoms. The molecule has 10 heteroatoms. The van der Waals surface area contributed by atoms with Gasteiger partial charge >= 0.3 is 11.9 Å². The van der Waals surface area contributed by atoms with Crippen molar-refractivity contribution >= 4 is 62.5 Å². The minimum absolute atomic E-state index is 0.0222. The second-order valence-electron chi connectivity index (χ2n) is 9.76. The maximum Gasteiger partial charge on any atom is 0.350 e. The monoisotopic (exact) mass is 706 g/mol. The molecule has 3 aromatic carbocycles. The van der Waals surface area contributed by atoms with Gasteiger partial charge in [-0.15, -0.1) is 0 Å². The smallest absolute Gasteiger partial charge is 0.350 e. The highest BCUT2D eigenvalue weighted by Crippen LogP contribution is 2.44. The first kappa shape index (κ1) is 30.2. The van der Waals surface area contributed by atoms with Crippen molar-refractivity contribution in [2.45, 2.75) is 26.5 Å². The van der Waals surface area contributed by atoms with Gasteiger partial charge in [0.25, 0.3) is 5.78 Å². The highest BCUT2D eigenvalue weighted by atomic mass is 127. The Hall–Kier alpha value is -4.29. The summed E-state index contributed by atoms with van der Waals surface area (Å²) in [6, 6.07) is 20.9. The molecule has 0 bridgehead atoms. The summed E-state index contributed by atoms with van der Waals surface area (Å²) >= 11 is 3.11. The number of hydrogen-bond donors (Lipinski definition) is 1. The number of aliphatic hydroxyl groups is 1. The predicted molar refractivity (Wildman–Crippen MR) is 173 cm³/mol. The third-order valence-corrected chi connectivity index (χ3v) is 8.78. The van der Waals surface area contributed by atoms with E-state index >= 15 is 0 Å². The molecule has 218 valence electrons. The number of aromatic nitrogens is 1. The SMILES string of the molecule is C=CCOC(=O)c1sc(N2C(=O)C(=O)/C(=C(/O)c3ccc(OCc4ccccc4C)cc3)C2c2ccc(I)cc2)nc1C. The summed E-state index contributed by atoms with van der Waals surface area (Å²) in [5, 5.41) is 11.6. The van der Waals surface area contributed by atoms with E-state index in [0.717, 1.165) is 26.0 Å². The van der Waals surface area contributed by atoms with E-state index in [-0.39, 0.29) is 27.9 Å². The number of Topliss-reactive ketones (excluding diaryl/α,β-unsaturated/α-hetero) is 1. The Bertz CT molecular complexity index is 1740. The van der Waals surface area contributed by atoms with Gasteiger partial charge in [0, 0.05) is 9.13 Å². The molecule has 1 fully saturated rings. The maximum atomic E-state index is 13.5. The average molecular weight is 707 g/mol. The highest BCUT2D eigenvalue weighted by Gasteiger charge is 2.48. The Morgan fingerprint density at radius 3 is 2.44 bits per heavy atom. The van der Waals surface area contributed by atoms with Gasteiger partial charge in [0.2, 0.25) is 0 Å². The minimum atomic E-state index is -0.975. The number of carbonyl (C=O) groups excluding carboxylic acids is 3. The lowest BCUT2D eigenvalue weighted by atomic mass is 9.95. The van der Waals surface area contributed by atoms with E-state index in [9.17, 15) is 19.5 Å². The summed E-state index contributed by atoms with van der Waals surface area (Å²) in [6.45, 7) is 7.60. The molecule has 5 rings (SSSR count). The van der Waals surface area contributed by atoms with Crippen LogP contribution in [0.4, 0.5) is 5.13 Å². The van der Waals surface area contributed by atoms with Crippen LogP contribution >= 0.6 is 33.9 Å². The lowest BCUT2D eigenvalue weighted by molar-refractivity contribution is -0.132. The molecule has 2 heterocycles. The van der Waals surface area contributed by atoms with Crippen molar-refractivity contribution in [3.8, 4) is 5.75 Å². The van der Waals surface area contributed by atoms with Gasteiger partial charge in [-0.3, -0.25) is 14.5 Å². The fourth-order valence-electron chi connectivity index (χ4n) is 4.66. The van der Waals surface area contributed by atoms with Gasteiger partial charge < -0.3 is 14.6 Å². The number of benzene rings is 3. The molecule has 1 aromatic heterocycles. The van der Waals surface area contributed by atoms with E-state index in [1.165, 1.54) is 11.0 Å². The van der Waals surface area contributed by atoms with Crippen LogP contribution in [0.2, 0.25) is 0 Å². The number of aryl methyl sites for hydroxylation is 2. The quantitative estimate of drug-likeness (QED) is 0.0504. The molecule has 43 heavy (non-hydrogen) atoms. The van der Waals surface area contributed by atoms with Gasteiger partial charge in [0.1, 0.15) is 29.6 Å². The molecule has 1 aliphatic rings. The Morgan fingerprint density at radius 1 is 1.07 bits per heavy atom. The fraction of sp³-hybridized carbons (Fsp3) is 0.152. The number of ketones is 1. The topological polar surface area (TPSA) is 106 Å². The van der Waals surface area contributed by atoms with Crippen LogP contribution < -0.4 is 9.64 Å². The van der Waals surface area contributed by atoms with E-state index < -0.39 is 23.7 Å². The van der Waals surface area contributed by atoms with Crippen molar-refractivity contribution in [2.75, 3.05) is 11.5 Å². The Kier molecular flexibility index (Phi) is 9.07. The van der Waals surface area contributed by atoms with E-state index in [0.29, 0.717) is 29.2 Å². The number of amides is 1. The lowest BCUT2D eigenvalue weighted by Gasteiger charge is -2.23. The van der Waals surface area contributed by atoms with Crippen molar-refractivity contribution < 1.29 is 29.0 Å².